The third kappa shape index (κ3) is 7.45. The lowest BCUT2D eigenvalue weighted by Crippen LogP contribution is -2.32. The van der Waals surface area contributed by atoms with Crippen molar-refractivity contribution in [2.24, 2.45) is 11.8 Å². The summed E-state index contributed by atoms with van der Waals surface area (Å²) < 4.78 is 82.8. The fourth-order valence-electron chi connectivity index (χ4n) is 5.62. The molecule has 13 heteroatoms. The van der Waals surface area contributed by atoms with Gasteiger partial charge in [0.25, 0.3) is 0 Å². The van der Waals surface area contributed by atoms with Gasteiger partial charge in [-0.1, -0.05) is 18.2 Å². The van der Waals surface area contributed by atoms with Gasteiger partial charge in [0.05, 0.1) is 16.6 Å². The Bertz CT molecular complexity index is 1670. The fraction of sp³-hybridized carbons (Fsp3) is 0.455. The number of nitrogens with zero attached hydrogens (tertiary/aromatic N) is 7. The van der Waals surface area contributed by atoms with E-state index in [4.69, 9.17) is 4.98 Å². The first-order valence-corrected chi connectivity index (χ1v) is 15.3. The molecule has 4 aromatic rings. The summed E-state index contributed by atoms with van der Waals surface area (Å²) in [6.45, 7) is 3.45. The first-order chi connectivity index (χ1) is 21.7. The highest BCUT2D eigenvalue weighted by molar-refractivity contribution is 5.84. The number of hydrogen-bond acceptors (Lipinski definition) is 7. The second kappa shape index (κ2) is 12.2. The van der Waals surface area contributed by atoms with Crippen molar-refractivity contribution in [1.29, 1.82) is 0 Å². The van der Waals surface area contributed by atoms with Crippen molar-refractivity contribution in [3.05, 3.63) is 76.6 Å². The summed E-state index contributed by atoms with van der Waals surface area (Å²) in [6.07, 6.45) is -4.08. The minimum atomic E-state index is -4.97. The Hall–Kier alpha value is -4.16. The Balaban J connectivity index is 1.47. The van der Waals surface area contributed by atoms with Crippen molar-refractivity contribution in [2.75, 3.05) is 41.9 Å². The number of alkyl halides is 6. The molecule has 7 nitrogen and oxygen atoms in total. The molecular formula is C33H35F6N7. The molecule has 0 N–H and O–H groups in total. The number of pyridine rings is 1. The zero-order valence-electron chi connectivity index (χ0n) is 25.8. The molecule has 2 aromatic heterocycles. The van der Waals surface area contributed by atoms with Crippen molar-refractivity contribution in [3.63, 3.8) is 0 Å². The van der Waals surface area contributed by atoms with Crippen LogP contribution in [0.2, 0.25) is 0 Å². The van der Waals surface area contributed by atoms with Gasteiger partial charge in [0.15, 0.2) is 0 Å². The van der Waals surface area contributed by atoms with Crippen molar-refractivity contribution in [1.82, 2.24) is 19.9 Å². The van der Waals surface area contributed by atoms with Crippen LogP contribution >= 0.6 is 0 Å². The minimum absolute atomic E-state index is 0.0898. The third-order valence-corrected chi connectivity index (χ3v) is 8.37. The van der Waals surface area contributed by atoms with E-state index in [9.17, 15) is 26.3 Å². The Morgan fingerprint density at radius 2 is 1.35 bits per heavy atom. The summed E-state index contributed by atoms with van der Waals surface area (Å²) in [4.78, 5) is 23.7. The van der Waals surface area contributed by atoms with E-state index in [-0.39, 0.29) is 30.7 Å². The van der Waals surface area contributed by atoms with Crippen molar-refractivity contribution >= 4 is 28.6 Å². The highest BCUT2D eigenvalue weighted by Gasteiger charge is 2.37. The lowest BCUT2D eigenvalue weighted by Gasteiger charge is -2.30. The third-order valence-electron chi connectivity index (χ3n) is 8.37. The molecule has 0 unspecified atom stereocenters. The number of fused-ring (bicyclic) bond motifs is 1. The summed E-state index contributed by atoms with van der Waals surface area (Å²) >= 11 is 0. The van der Waals surface area contributed by atoms with Gasteiger partial charge < -0.3 is 14.7 Å². The normalized spacial score (nSPS) is 15.3. The van der Waals surface area contributed by atoms with E-state index < -0.39 is 23.5 Å². The molecule has 6 rings (SSSR count). The predicted octanol–water partition coefficient (Wildman–Crippen LogP) is 7.67. The molecule has 2 heterocycles. The lowest BCUT2D eigenvalue weighted by atomic mass is 10.0. The molecule has 0 aliphatic heterocycles. The van der Waals surface area contributed by atoms with Gasteiger partial charge >= 0.3 is 12.4 Å². The SMILES string of the molecule is Cc1cccc2cc(CN(Cc3cc(C(F)(F)F)cc(C(F)(F)F)c3)c3ncnc(N(C)C)n3)c(N(CC3CC3)CC3CC3)nc12. The highest BCUT2D eigenvalue weighted by Crippen LogP contribution is 2.39. The number of para-hydroxylation sites is 1. The van der Waals surface area contributed by atoms with Gasteiger partial charge in [-0.2, -0.15) is 31.3 Å². The molecule has 0 spiro atoms. The number of aromatic nitrogens is 4. The van der Waals surface area contributed by atoms with E-state index in [1.54, 1.807) is 23.9 Å². The summed E-state index contributed by atoms with van der Waals surface area (Å²) in [7, 11) is 3.46. The van der Waals surface area contributed by atoms with E-state index in [0.29, 0.717) is 17.8 Å². The van der Waals surface area contributed by atoms with Crippen LogP contribution in [-0.2, 0) is 25.4 Å². The second-order valence-electron chi connectivity index (χ2n) is 12.7. The van der Waals surface area contributed by atoms with E-state index >= 15 is 0 Å². The van der Waals surface area contributed by atoms with Gasteiger partial charge in [-0.25, -0.2) is 15.0 Å². The van der Waals surface area contributed by atoms with Gasteiger partial charge in [0.1, 0.15) is 12.1 Å². The van der Waals surface area contributed by atoms with Crippen LogP contribution in [-0.4, -0.2) is 47.1 Å². The first-order valence-electron chi connectivity index (χ1n) is 15.3. The number of halogens is 6. The van der Waals surface area contributed by atoms with Crippen molar-refractivity contribution in [3.8, 4) is 0 Å². The summed E-state index contributed by atoms with van der Waals surface area (Å²) in [5.41, 5.74) is -0.262. The molecule has 0 amide bonds. The number of hydrogen-bond donors (Lipinski definition) is 0. The molecule has 0 atom stereocenters. The number of benzene rings is 2. The Morgan fingerprint density at radius 3 is 1.91 bits per heavy atom. The van der Waals surface area contributed by atoms with Crippen LogP contribution in [0.1, 0.15) is 53.5 Å². The molecule has 2 aliphatic carbocycles. The van der Waals surface area contributed by atoms with Crippen LogP contribution in [0.15, 0.2) is 48.8 Å². The molecule has 0 bridgehead atoms. The quantitative estimate of drug-likeness (QED) is 0.156. The monoisotopic (exact) mass is 643 g/mol. The van der Waals surface area contributed by atoms with Gasteiger partial charge in [-0.15, -0.1) is 0 Å². The molecule has 0 radical (unpaired) electrons. The number of aryl methyl sites for hydroxylation is 1. The van der Waals surface area contributed by atoms with Gasteiger partial charge in [-0.3, -0.25) is 0 Å². The van der Waals surface area contributed by atoms with E-state index in [0.717, 1.165) is 78.8 Å². The fourth-order valence-corrected chi connectivity index (χ4v) is 5.62. The van der Waals surface area contributed by atoms with Crippen LogP contribution in [0.5, 0.6) is 0 Å². The van der Waals surface area contributed by atoms with Crippen molar-refractivity contribution < 1.29 is 26.3 Å². The minimum Gasteiger partial charge on any atom is -0.356 e. The topological polar surface area (TPSA) is 61.3 Å². The van der Waals surface area contributed by atoms with E-state index in [1.165, 1.54) is 6.33 Å². The second-order valence-corrected chi connectivity index (χ2v) is 12.7. The Labute approximate surface area is 263 Å². The average molecular weight is 644 g/mol. The molecule has 2 aliphatic rings. The van der Waals surface area contributed by atoms with Gasteiger partial charge in [-0.05, 0) is 79.8 Å². The van der Waals surface area contributed by atoms with Crippen LogP contribution in [0, 0.1) is 18.8 Å². The highest BCUT2D eigenvalue weighted by atomic mass is 19.4. The first kappa shape index (κ1) is 31.8. The van der Waals surface area contributed by atoms with Crippen LogP contribution in [0.3, 0.4) is 0 Å². The Kier molecular flexibility index (Phi) is 8.45. The van der Waals surface area contributed by atoms with Gasteiger partial charge in [0, 0.05) is 51.2 Å². The average Bonchev–Trinajstić information content (AvgIpc) is 3.93. The predicted molar refractivity (Wildman–Crippen MR) is 165 cm³/mol. The summed E-state index contributed by atoms with van der Waals surface area (Å²) in [5.74, 6) is 2.32. The van der Waals surface area contributed by atoms with Crippen molar-refractivity contribution in [2.45, 2.75) is 58.0 Å². The summed E-state index contributed by atoms with van der Waals surface area (Å²) in [5, 5.41) is 0.888. The summed E-state index contributed by atoms with van der Waals surface area (Å²) in [6, 6.07) is 9.56. The Morgan fingerprint density at radius 1 is 0.739 bits per heavy atom. The maximum absolute atomic E-state index is 13.8. The zero-order chi connectivity index (χ0) is 32.8. The molecular weight excluding hydrogens is 608 g/mol. The molecule has 2 saturated carbocycles. The maximum atomic E-state index is 13.8. The molecule has 46 heavy (non-hydrogen) atoms. The molecule has 2 aromatic carbocycles. The van der Waals surface area contributed by atoms with Crippen LogP contribution in [0.25, 0.3) is 10.9 Å². The number of rotatable bonds is 11. The number of anilines is 3. The molecule has 0 saturated heterocycles. The molecule has 2 fully saturated rings. The smallest absolute Gasteiger partial charge is 0.356 e. The zero-order valence-corrected chi connectivity index (χ0v) is 25.8. The van der Waals surface area contributed by atoms with E-state index in [2.05, 4.69) is 19.9 Å². The lowest BCUT2D eigenvalue weighted by molar-refractivity contribution is -0.143. The van der Waals surface area contributed by atoms with Crippen LogP contribution < -0.4 is 14.7 Å². The standard InChI is InChI=1S/C33H35F6N7/c1-20-5-4-6-24-13-25(29(42-28(20)24)45(15-21-7-8-21)16-22-9-10-22)18-46(31-41-19-40-30(43-31)44(2)3)17-23-11-26(32(34,35)36)14-27(12-23)33(37,38)39/h4-6,11-14,19,21-22H,7-10,15-18H2,1-3H3. The van der Waals surface area contributed by atoms with E-state index in [1.807, 2.05) is 31.2 Å². The van der Waals surface area contributed by atoms with Gasteiger partial charge in [0.2, 0.25) is 11.9 Å². The largest absolute Gasteiger partial charge is 0.416 e. The van der Waals surface area contributed by atoms with Crippen LogP contribution in [0.4, 0.5) is 44.1 Å². The molecule has 244 valence electrons. The maximum Gasteiger partial charge on any atom is 0.416 e.